The van der Waals surface area contributed by atoms with Crippen molar-refractivity contribution in [1.29, 1.82) is 0 Å². The highest BCUT2D eigenvalue weighted by Gasteiger charge is 2.41. The first-order valence-corrected chi connectivity index (χ1v) is 44.1. The van der Waals surface area contributed by atoms with Gasteiger partial charge < -0.3 is 73.7 Å². The first-order chi connectivity index (χ1) is 60.8. The number of aromatic nitrogens is 10. The van der Waals surface area contributed by atoms with Crippen LogP contribution in [0.4, 0.5) is 20.4 Å². The second kappa shape index (κ2) is 45.8. The largest absolute Gasteiger partial charge is 0.508 e. The number of ketones is 4. The van der Waals surface area contributed by atoms with Gasteiger partial charge in [-0.1, -0.05) is 34.7 Å². The van der Waals surface area contributed by atoms with Crippen molar-refractivity contribution in [3.05, 3.63) is 141 Å². The molecule has 16 rings (SSSR count). The van der Waals surface area contributed by atoms with Gasteiger partial charge in [0.1, 0.15) is 141 Å². The molecule has 6 aromatic heterocycles. The number of likely N-dealkylation sites (tertiary alicyclic amines) is 1. The van der Waals surface area contributed by atoms with Crippen LogP contribution in [0, 0.1) is 0 Å². The second-order valence-electron chi connectivity index (χ2n) is 32.7. The zero-order chi connectivity index (χ0) is 92.4. The number of amides is 3. The number of pyridine rings is 2. The van der Waals surface area contributed by atoms with Crippen molar-refractivity contribution in [3.63, 3.8) is 0 Å². The Morgan fingerprint density at radius 3 is 1.22 bits per heavy atom. The number of hydrogen-bond acceptors (Lipinski definition) is 27. The van der Waals surface area contributed by atoms with Crippen LogP contribution in [-0.4, -0.2) is 247 Å². The van der Waals surface area contributed by atoms with Crippen molar-refractivity contribution >= 4 is 181 Å². The summed E-state index contributed by atoms with van der Waals surface area (Å²) in [6.07, 6.45) is 1.50. The first-order valence-electron chi connectivity index (χ1n) is 41.3. The number of alkyl halides is 3. The third-order valence-electron chi connectivity index (χ3n) is 19.8. The number of rotatable bonds is 22. The molecule has 0 spiro atoms. The number of benzene rings is 4. The predicted octanol–water partition coefficient (Wildman–Crippen LogP) is 12.8. The molecule has 35 nitrogen and oxygen atoms in total. The summed E-state index contributed by atoms with van der Waals surface area (Å²) in [6.45, 7) is 21.4. The highest BCUT2D eigenvalue weighted by atomic mass is 127. The molecule has 6 aliphatic heterocycles. The molecule has 4 unspecified atom stereocenters. The van der Waals surface area contributed by atoms with Gasteiger partial charge in [-0.05, 0) is 177 Å². The fourth-order valence-electron chi connectivity index (χ4n) is 14.2. The molecule has 6 fully saturated rings. The number of carboxylic acid groups (broad SMARTS) is 1. The number of esters is 2. The van der Waals surface area contributed by atoms with Gasteiger partial charge in [0, 0.05) is 98.4 Å². The van der Waals surface area contributed by atoms with Gasteiger partial charge in [0.05, 0.1) is 80.9 Å². The maximum atomic E-state index is 14.4. The van der Waals surface area contributed by atoms with Crippen molar-refractivity contribution in [1.82, 2.24) is 59.3 Å². The monoisotopic (exact) mass is 2050 g/mol. The number of anilines is 2. The Morgan fingerprint density at radius 1 is 0.504 bits per heavy atom. The molecule has 0 radical (unpaired) electrons. The Morgan fingerprint density at radius 2 is 0.884 bits per heavy atom. The molecule has 0 bridgehead atoms. The van der Waals surface area contributed by atoms with E-state index in [0.29, 0.717) is 127 Å². The summed E-state index contributed by atoms with van der Waals surface area (Å²) >= 11 is 8.86. The van der Waals surface area contributed by atoms with E-state index in [-0.39, 0.29) is 135 Å². The topological polar surface area (TPSA) is 431 Å². The molecule has 6 saturated heterocycles. The second-order valence-corrected chi connectivity index (χ2v) is 36.1. The normalized spacial score (nSPS) is 19.2. The van der Waals surface area contributed by atoms with E-state index in [2.05, 4.69) is 101 Å². The number of halogens is 6. The number of carbonyl (C=O) groups excluding carboxylic acids is 9. The maximum Gasteiger partial charge on any atom is 0.328 e. The van der Waals surface area contributed by atoms with Crippen molar-refractivity contribution in [2.45, 2.75) is 192 Å². The van der Waals surface area contributed by atoms with E-state index in [0.717, 1.165) is 36.4 Å². The molecule has 10 aromatic rings. The van der Waals surface area contributed by atoms with E-state index >= 15 is 0 Å². The lowest BCUT2D eigenvalue weighted by atomic mass is 10.1. The molecule has 8 atom stereocenters. The smallest absolute Gasteiger partial charge is 0.328 e. The van der Waals surface area contributed by atoms with Crippen LogP contribution in [0.15, 0.2) is 118 Å². The fourth-order valence-corrected chi connectivity index (χ4v) is 15.4. The number of nitrogens with zero attached hydrogens (tertiary/aromatic N) is 11. The van der Waals surface area contributed by atoms with E-state index in [4.69, 9.17) is 47.7 Å². The zero-order valence-corrected chi connectivity index (χ0v) is 78.7. The van der Waals surface area contributed by atoms with E-state index in [1.807, 2.05) is 32.9 Å². The number of aliphatic carboxylic acids is 1. The van der Waals surface area contributed by atoms with Gasteiger partial charge in [-0.15, -0.1) is 12.4 Å². The SMILES string of the molecule is CC(=O)c1nn(CC(=O)N2C[C@H](F)C[C@H]2C(=O)Nc2cccc(Br)n2)c2ccc(OC3CCOC3)cc12.CC(=O)c1nn(CC(=O)O)c2ccc(OC3CCOC3)cc12.CC(=O)c1nn(CC(=O)OC(C)(C)C)c2ccc(O)cc12.CC(=O)c1nn(CC(=O)OC(C)(C)C)c2ccc(OC3CCOC3)cc12.Cl.IC1CCOC1.O=C(Nc1cccc(Br)n1)[C@@H]1C[C@@H](F)CN1. The van der Waals surface area contributed by atoms with E-state index in [1.165, 1.54) is 69.9 Å². The molecule has 3 amide bonds. The summed E-state index contributed by atoms with van der Waals surface area (Å²) < 4.78 is 84.1. The minimum Gasteiger partial charge on any atom is -0.508 e. The van der Waals surface area contributed by atoms with E-state index < -0.39 is 65.4 Å². The van der Waals surface area contributed by atoms with E-state index in [9.17, 15) is 61.8 Å². The summed E-state index contributed by atoms with van der Waals surface area (Å²) in [6, 6.07) is 29.2. The molecule has 41 heteroatoms. The molecular weight excluding hydrogens is 1950 g/mol. The molecule has 5 N–H and O–H groups in total. The van der Waals surface area contributed by atoms with Crippen LogP contribution in [-0.2, 0) is 83.4 Å². The minimum absolute atomic E-state index is 0. The maximum absolute atomic E-state index is 14.4. The van der Waals surface area contributed by atoms with Crippen LogP contribution in [0.1, 0.15) is 150 Å². The van der Waals surface area contributed by atoms with Crippen molar-refractivity contribution in [2.24, 2.45) is 0 Å². The zero-order valence-electron chi connectivity index (χ0n) is 72.5. The standard InChI is InChI=1S/C25H25BrFN5O5.C19H24N2O5.C15H16N2O5.C15H18N2O4.C10H11BrFN3O.C4H7IO.ClH/c1-14(33)24-18-10-16(37-17-7-8-36-13-17)5-6-19(18)32(30-24)12-23(34)31-11-15(27)9-20(31)25(35)29-22-4-2-3-21(26)28-22;1-12(22)18-15-9-13(25-14-7-8-24-11-14)5-6-16(15)21(20-18)10-17(23)26-19(2,3)4;1-9(18)15-12-6-10(22-11-4-5-21-8-11)2-3-13(12)17(16-15)7-14(19)20;1-9(18)14-11-7-10(19)5-6-12(11)17(16-14)8-13(20)21-15(2,3)4;11-8-2-1-3-9(14-8)15-10(16)7-4-6(12)5-13-7;5-4-1-2-6-3-4;/h2-6,10,15,17,20H,7-9,11-13H2,1H3,(H,28,29,35);5-6,9,14H,7-8,10-11H2,1-4H3;2-3,6,11H,4-5,7-8H2,1H3,(H,19,20);5-7,19H,8H2,1-4H3;1-3,6-7,13H,4-5H2,(H,14,15,16);4H,1-3H2;1H/t15-,17?,20+;;;;6-,7+;;/m1...1../s1. The van der Waals surface area contributed by atoms with Crippen LogP contribution in [0.3, 0.4) is 0 Å². The quantitative estimate of drug-likeness (QED) is 0.0138. The average molecular weight is 2050 g/mol. The number of phenolic OH excluding ortho intramolecular Hbond substituents is 1. The van der Waals surface area contributed by atoms with E-state index in [1.54, 1.807) is 106 Å². The molecular formula is C88H102Br2ClF2IN14O21. The molecule has 12 heterocycles. The lowest BCUT2D eigenvalue weighted by molar-refractivity contribution is -0.156. The Balaban J connectivity index is 0.000000169. The number of fused-ring (bicyclic) bond motifs is 4. The highest BCUT2D eigenvalue weighted by Crippen LogP contribution is 2.33. The molecule has 4 aromatic carbocycles. The Hall–Kier alpha value is -10.6. The number of aromatic hydroxyl groups is 1. The summed E-state index contributed by atoms with van der Waals surface area (Å²) in [5.74, 6) is -1.31. The van der Waals surface area contributed by atoms with Crippen molar-refractivity contribution in [3.8, 4) is 23.0 Å². The lowest BCUT2D eigenvalue weighted by Gasteiger charge is -2.23. The van der Waals surface area contributed by atoms with Crippen LogP contribution in [0.5, 0.6) is 23.0 Å². The van der Waals surface area contributed by atoms with Gasteiger partial charge in [0.2, 0.25) is 17.7 Å². The van der Waals surface area contributed by atoms with Gasteiger partial charge in [-0.2, -0.15) is 20.4 Å². The molecule has 129 heavy (non-hydrogen) atoms. The molecule has 6 aliphatic rings. The summed E-state index contributed by atoms with van der Waals surface area (Å²) in [5, 5.41) is 45.9. The van der Waals surface area contributed by atoms with Crippen molar-refractivity contribution < 1.29 is 110 Å². The lowest BCUT2D eigenvalue weighted by Crippen LogP contribution is -2.44. The average Bonchev–Trinajstić information content (AvgIpc) is 1.64. The van der Waals surface area contributed by atoms with Crippen molar-refractivity contribution in [2.75, 3.05) is 76.6 Å². The number of carboxylic acids is 1. The first kappa shape index (κ1) is 101. The minimum atomic E-state index is -1.34. The number of phenols is 1. The molecule has 692 valence electrons. The Bertz CT molecular complexity index is 5700. The third-order valence-corrected chi connectivity index (χ3v) is 21.7. The van der Waals surface area contributed by atoms with Gasteiger partial charge >= 0.3 is 17.9 Å². The number of carbonyl (C=O) groups is 10. The number of ether oxygens (including phenoxy) is 9. The Kier molecular flexibility index (Phi) is 35.7. The fraction of sp³-hybridized carbons (Fsp3) is 0.455. The van der Waals surface area contributed by atoms with Crippen LogP contribution < -0.4 is 30.2 Å². The van der Waals surface area contributed by atoms with Gasteiger partial charge in [0.25, 0.3) is 0 Å². The molecule has 0 saturated carbocycles. The predicted molar refractivity (Wildman–Crippen MR) is 487 cm³/mol. The van der Waals surface area contributed by atoms with Crippen LogP contribution in [0.25, 0.3) is 43.6 Å². The third kappa shape index (κ3) is 28.9. The Labute approximate surface area is 777 Å². The number of hydrogen-bond donors (Lipinski definition) is 5. The molecule has 0 aliphatic carbocycles. The van der Waals surface area contributed by atoms with Gasteiger partial charge in [-0.3, -0.25) is 66.7 Å². The summed E-state index contributed by atoms with van der Waals surface area (Å²) in [4.78, 5) is 130. The summed E-state index contributed by atoms with van der Waals surface area (Å²) in [7, 11) is 0. The van der Waals surface area contributed by atoms with Crippen LogP contribution in [0.2, 0.25) is 0 Å². The van der Waals surface area contributed by atoms with Crippen LogP contribution >= 0.6 is 66.9 Å². The van der Waals surface area contributed by atoms with Gasteiger partial charge in [-0.25, -0.2) is 18.7 Å². The number of nitrogens with one attached hydrogen (secondary N) is 3. The van der Waals surface area contributed by atoms with Gasteiger partial charge in [0.15, 0.2) is 23.1 Å². The highest BCUT2D eigenvalue weighted by molar-refractivity contribution is 14.1. The number of Topliss-reactive ketones (excluding diaryl/α,β-unsaturated/α-hetero) is 4. The summed E-state index contributed by atoms with van der Waals surface area (Å²) in [5.41, 5.74) is 2.29.